The molecule has 0 unspecified atom stereocenters. The van der Waals surface area contributed by atoms with E-state index >= 15 is 0 Å². The monoisotopic (exact) mass is 277 g/mol. The molecule has 20 heavy (non-hydrogen) atoms. The number of piperidine rings is 1. The third-order valence-corrected chi connectivity index (χ3v) is 3.66. The van der Waals surface area contributed by atoms with Gasteiger partial charge in [0.1, 0.15) is 0 Å². The number of anilines is 1. The Labute approximate surface area is 117 Å². The summed E-state index contributed by atoms with van der Waals surface area (Å²) in [5.41, 5.74) is 6.58. The average molecular weight is 277 g/mol. The molecular weight excluding hydrogens is 258 g/mol. The fraction of sp³-hybridized carbons (Fsp3) is 0.500. The summed E-state index contributed by atoms with van der Waals surface area (Å²) in [4.78, 5) is 14.1. The number of benzene rings is 1. The van der Waals surface area contributed by atoms with Crippen LogP contribution in [0.3, 0.4) is 0 Å². The number of ether oxygens (including phenoxy) is 2. The maximum absolute atomic E-state index is 12.0. The van der Waals surface area contributed by atoms with Crippen LogP contribution in [0.5, 0.6) is 11.5 Å². The van der Waals surface area contributed by atoms with Gasteiger partial charge < -0.3 is 20.5 Å². The normalized spacial score (nSPS) is 19.1. The van der Waals surface area contributed by atoms with Gasteiger partial charge in [0.15, 0.2) is 11.5 Å². The average Bonchev–Trinajstić information content (AvgIpc) is 2.89. The number of likely N-dealkylation sites (tertiary alicyclic amines) is 1. The molecule has 3 N–H and O–H groups in total. The summed E-state index contributed by atoms with van der Waals surface area (Å²) in [5, 5.41) is 2.88. The van der Waals surface area contributed by atoms with Gasteiger partial charge in [-0.3, -0.25) is 9.69 Å². The highest BCUT2D eigenvalue weighted by molar-refractivity contribution is 5.92. The fourth-order valence-corrected chi connectivity index (χ4v) is 2.49. The molecule has 2 aliphatic rings. The van der Waals surface area contributed by atoms with Crippen molar-refractivity contribution in [2.75, 3.05) is 31.7 Å². The van der Waals surface area contributed by atoms with Crippen LogP contribution in [0.15, 0.2) is 18.2 Å². The Morgan fingerprint density at radius 3 is 2.85 bits per heavy atom. The third-order valence-electron chi connectivity index (χ3n) is 3.66. The van der Waals surface area contributed by atoms with Crippen molar-refractivity contribution in [3.05, 3.63) is 18.2 Å². The van der Waals surface area contributed by atoms with Crippen molar-refractivity contribution < 1.29 is 14.3 Å². The minimum atomic E-state index is -0.0145. The summed E-state index contributed by atoms with van der Waals surface area (Å²) in [5.74, 6) is 1.37. The van der Waals surface area contributed by atoms with Crippen LogP contribution < -0.4 is 20.5 Å². The van der Waals surface area contributed by atoms with Crippen LogP contribution in [-0.2, 0) is 4.79 Å². The summed E-state index contributed by atoms with van der Waals surface area (Å²) >= 11 is 0. The molecular formula is C14H19N3O3. The van der Waals surface area contributed by atoms with Gasteiger partial charge in [0.2, 0.25) is 12.7 Å². The highest BCUT2D eigenvalue weighted by atomic mass is 16.7. The Morgan fingerprint density at radius 2 is 2.05 bits per heavy atom. The number of hydrogen-bond acceptors (Lipinski definition) is 5. The van der Waals surface area contributed by atoms with Gasteiger partial charge in [0.05, 0.1) is 6.54 Å². The van der Waals surface area contributed by atoms with Crippen molar-refractivity contribution in [2.45, 2.75) is 18.9 Å². The van der Waals surface area contributed by atoms with Gasteiger partial charge in [0, 0.05) is 30.9 Å². The van der Waals surface area contributed by atoms with E-state index < -0.39 is 0 Å². The molecule has 1 aromatic rings. The van der Waals surface area contributed by atoms with E-state index in [-0.39, 0.29) is 18.7 Å². The van der Waals surface area contributed by atoms with Crippen LogP contribution in [0, 0.1) is 0 Å². The molecule has 6 heteroatoms. The lowest BCUT2D eigenvalue weighted by Gasteiger charge is -2.29. The van der Waals surface area contributed by atoms with Gasteiger partial charge in [-0.05, 0) is 25.0 Å². The molecule has 1 aromatic carbocycles. The first-order valence-corrected chi connectivity index (χ1v) is 6.88. The quantitative estimate of drug-likeness (QED) is 0.853. The minimum absolute atomic E-state index is 0.0145. The molecule has 0 bridgehead atoms. The maximum atomic E-state index is 12.0. The minimum Gasteiger partial charge on any atom is -0.454 e. The molecule has 3 rings (SSSR count). The standard InChI is InChI=1S/C14H19N3O3/c15-10-3-5-17(6-4-10)8-14(18)16-11-1-2-12-13(7-11)20-9-19-12/h1-2,7,10H,3-6,8-9,15H2,(H,16,18). The number of rotatable bonds is 3. The molecule has 0 saturated carbocycles. The zero-order valence-corrected chi connectivity index (χ0v) is 11.3. The number of fused-ring (bicyclic) bond motifs is 1. The van der Waals surface area contributed by atoms with Crippen molar-refractivity contribution in [1.29, 1.82) is 0 Å². The Balaban J connectivity index is 1.54. The molecule has 2 heterocycles. The van der Waals surface area contributed by atoms with Crippen LogP contribution in [0.25, 0.3) is 0 Å². The van der Waals surface area contributed by atoms with E-state index in [9.17, 15) is 4.79 Å². The number of nitrogens with zero attached hydrogens (tertiary/aromatic N) is 1. The Kier molecular flexibility index (Phi) is 3.75. The van der Waals surface area contributed by atoms with E-state index in [1.807, 2.05) is 6.07 Å². The Hall–Kier alpha value is -1.79. The summed E-state index contributed by atoms with van der Waals surface area (Å²) in [6.45, 7) is 2.41. The van der Waals surface area contributed by atoms with E-state index in [4.69, 9.17) is 15.2 Å². The third kappa shape index (κ3) is 3.02. The van der Waals surface area contributed by atoms with Crippen molar-refractivity contribution in [3.63, 3.8) is 0 Å². The van der Waals surface area contributed by atoms with E-state index in [2.05, 4.69) is 10.2 Å². The fourth-order valence-electron chi connectivity index (χ4n) is 2.49. The molecule has 0 radical (unpaired) electrons. The molecule has 6 nitrogen and oxygen atoms in total. The molecule has 0 aromatic heterocycles. The predicted octanol–water partition coefficient (Wildman–Crippen LogP) is 0.777. The molecule has 0 atom stereocenters. The van der Waals surface area contributed by atoms with Crippen molar-refractivity contribution in [1.82, 2.24) is 4.90 Å². The van der Waals surface area contributed by atoms with Crippen molar-refractivity contribution in [3.8, 4) is 11.5 Å². The van der Waals surface area contributed by atoms with Crippen molar-refractivity contribution in [2.24, 2.45) is 5.73 Å². The maximum Gasteiger partial charge on any atom is 0.238 e. The number of nitrogens with two attached hydrogens (primary N) is 1. The van der Waals surface area contributed by atoms with Gasteiger partial charge in [-0.25, -0.2) is 0 Å². The van der Waals surface area contributed by atoms with Gasteiger partial charge in [-0.2, -0.15) is 0 Å². The van der Waals surface area contributed by atoms with Gasteiger partial charge >= 0.3 is 0 Å². The van der Waals surface area contributed by atoms with Gasteiger partial charge in [0.25, 0.3) is 0 Å². The van der Waals surface area contributed by atoms with Crippen LogP contribution >= 0.6 is 0 Å². The zero-order valence-electron chi connectivity index (χ0n) is 11.3. The number of nitrogens with one attached hydrogen (secondary N) is 1. The lowest BCUT2D eigenvalue weighted by atomic mass is 10.1. The molecule has 0 aliphatic carbocycles. The lowest BCUT2D eigenvalue weighted by Crippen LogP contribution is -2.43. The predicted molar refractivity (Wildman–Crippen MR) is 74.8 cm³/mol. The first-order chi connectivity index (χ1) is 9.70. The number of hydrogen-bond donors (Lipinski definition) is 2. The van der Waals surface area contributed by atoms with Gasteiger partial charge in [-0.15, -0.1) is 0 Å². The highest BCUT2D eigenvalue weighted by Crippen LogP contribution is 2.34. The topological polar surface area (TPSA) is 76.8 Å². The first kappa shape index (κ1) is 13.2. The van der Waals surface area contributed by atoms with E-state index in [0.717, 1.165) is 31.6 Å². The second kappa shape index (κ2) is 5.68. The van der Waals surface area contributed by atoms with Crippen LogP contribution in [0.1, 0.15) is 12.8 Å². The number of carbonyl (C=O) groups is 1. The van der Waals surface area contributed by atoms with E-state index in [0.29, 0.717) is 18.0 Å². The molecule has 108 valence electrons. The number of carbonyl (C=O) groups excluding carboxylic acids is 1. The Morgan fingerprint density at radius 1 is 1.30 bits per heavy atom. The van der Waals surface area contributed by atoms with Crippen molar-refractivity contribution >= 4 is 11.6 Å². The largest absolute Gasteiger partial charge is 0.454 e. The SMILES string of the molecule is NC1CCN(CC(=O)Nc2ccc3c(c2)OCO3)CC1. The lowest BCUT2D eigenvalue weighted by molar-refractivity contribution is -0.117. The summed E-state index contributed by atoms with van der Waals surface area (Å²) in [6, 6.07) is 5.69. The first-order valence-electron chi connectivity index (χ1n) is 6.88. The Bertz CT molecular complexity index is 498. The van der Waals surface area contributed by atoms with E-state index in [1.165, 1.54) is 0 Å². The summed E-state index contributed by atoms with van der Waals surface area (Å²) in [6.07, 6.45) is 1.91. The second-order valence-corrected chi connectivity index (χ2v) is 5.23. The molecule has 1 amide bonds. The molecule has 0 spiro atoms. The zero-order chi connectivity index (χ0) is 13.9. The van der Waals surface area contributed by atoms with Crippen LogP contribution in [0.2, 0.25) is 0 Å². The molecule has 2 aliphatic heterocycles. The summed E-state index contributed by atoms with van der Waals surface area (Å²) < 4.78 is 10.5. The smallest absolute Gasteiger partial charge is 0.238 e. The van der Waals surface area contributed by atoms with Crippen LogP contribution in [-0.4, -0.2) is 43.3 Å². The molecule has 1 fully saturated rings. The summed E-state index contributed by atoms with van der Waals surface area (Å²) in [7, 11) is 0. The second-order valence-electron chi connectivity index (χ2n) is 5.23. The van der Waals surface area contributed by atoms with Gasteiger partial charge in [-0.1, -0.05) is 0 Å². The van der Waals surface area contributed by atoms with Crippen LogP contribution in [0.4, 0.5) is 5.69 Å². The highest BCUT2D eigenvalue weighted by Gasteiger charge is 2.19. The molecule has 1 saturated heterocycles. The number of amides is 1. The van der Waals surface area contributed by atoms with E-state index in [1.54, 1.807) is 12.1 Å².